The molecule has 1 aromatic carbocycles. The molecule has 0 saturated carbocycles. The number of ether oxygens (including phenoxy) is 3. The molecular weight excluding hydrogens is 294 g/mol. The quantitative estimate of drug-likeness (QED) is 0.624. The monoisotopic (exact) mass is 309 g/mol. The van der Waals surface area contributed by atoms with Crippen LogP contribution in [0.15, 0.2) is 23.2 Å². The molecule has 0 aromatic heterocycles. The summed E-state index contributed by atoms with van der Waals surface area (Å²) < 4.78 is 15.0. The van der Waals surface area contributed by atoms with E-state index in [0.29, 0.717) is 22.2 Å². The molecule has 1 aliphatic heterocycles. The van der Waals surface area contributed by atoms with Crippen molar-refractivity contribution in [1.29, 1.82) is 0 Å². The number of methoxy groups -OCH3 is 3. The molecule has 112 valence electrons. The third kappa shape index (κ3) is 3.18. The zero-order valence-corrected chi connectivity index (χ0v) is 12.7. The highest BCUT2D eigenvalue weighted by Crippen LogP contribution is 2.33. The van der Waals surface area contributed by atoms with Crippen LogP contribution < -0.4 is 9.47 Å². The van der Waals surface area contributed by atoms with Gasteiger partial charge in [0.2, 0.25) is 0 Å². The third-order valence-electron chi connectivity index (χ3n) is 2.97. The lowest BCUT2D eigenvalue weighted by atomic mass is 10.1. The summed E-state index contributed by atoms with van der Waals surface area (Å²) in [5.74, 6) is -0.348. The molecule has 1 fully saturated rings. The summed E-state index contributed by atoms with van der Waals surface area (Å²) in [5, 5.41) is 0.444. The second kappa shape index (κ2) is 6.62. The minimum atomic E-state index is -0.923. The van der Waals surface area contributed by atoms with Crippen LogP contribution in [0.1, 0.15) is 0 Å². The smallest absolute Gasteiger partial charge is 0.322 e. The Kier molecular flexibility index (Phi) is 4.85. The topological polar surface area (TPSA) is 74.2 Å². The number of hydrogen-bond acceptors (Lipinski definition) is 7. The van der Waals surface area contributed by atoms with Crippen molar-refractivity contribution in [2.24, 2.45) is 10.9 Å². The molecule has 2 rings (SSSR count). The Balaban J connectivity index is 2.34. The van der Waals surface area contributed by atoms with Crippen molar-refractivity contribution < 1.29 is 23.8 Å². The fraction of sp³-hybridized carbons (Fsp3) is 0.357. The number of aliphatic imine (C=N–C) groups is 1. The van der Waals surface area contributed by atoms with Gasteiger partial charge >= 0.3 is 5.97 Å². The Morgan fingerprint density at radius 1 is 1.24 bits per heavy atom. The number of carbonyl (C=O) groups is 2. The number of benzene rings is 1. The van der Waals surface area contributed by atoms with Gasteiger partial charge in [-0.15, -0.1) is 11.8 Å². The van der Waals surface area contributed by atoms with E-state index in [1.165, 1.54) is 26.0 Å². The molecule has 1 atom stereocenters. The van der Waals surface area contributed by atoms with Crippen LogP contribution in [-0.2, 0) is 14.3 Å². The highest BCUT2D eigenvalue weighted by atomic mass is 32.2. The van der Waals surface area contributed by atoms with Gasteiger partial charge in [-0.25, -0.2) is 4.99 Å². The van der Waals surface area contributed by atoms with Crippen LogP contribution in [0.4, 0.5) is 5.69 Å². The van der Waals surface area contributed by atoms with Crippen molar-refractivity contribution in [3.63, 3.8) is 0 Å². The lowest BCUT2D eigenvalue weighted by molar-refractivity contribution is -0.145. The van der Waals surface area contributed by atoms with Crippen LogP contribution >= 0.6 is 11.8 Å². The molecule has 1 unspecified atom stereocenters. The number of carbonyl (C=O) groups excluding carboxylic acids is 2. The largest absolute Gasteiger partial charge is 0.493 e. The number of Topliss-reactive ketones (excluding diaryl/α,β-unsaturated/α-hetero) is 1. The summed E-state index contributed by atoms with van der Waals surface area (Å²) in [6.07, 6.45) is 0. The maximum absolute atomic E-state index is 11.8. The minimum absolute atomic E-state index is 0.189. The van der Waals surface area contributed by atoms with Gasteiger partial charge in [0.1, 0.15) is 0 Å². The van der Waals surface area contributed by atoms with Crippen molar-refractivity contribution in [3.8, 4) is 11.5 Å². The van der Waals surface area contributed by atoms with Gasteiger partial charge in [0.25, 0.3) is 0 Å². The van der Waals surface area contributed by atoms with Crippen LogP contribution in [0, 0.1) is 5.92 Å². The average Bonchev–Trinajstić information content (AvgIpc) is 2.87. The SMILES string of the molecule is COC(=O)C1C(=O)CSC1=Nc1ccc(OC)c(OC)c1. The Morgan fingerprint density at radius 2 is 1.95 bits per heavy atom. The number of hydrogen-bond donors (Lipinski definition) is 0. The van der Waals surface area contributed by atoms with E-state index in [2.05, 4.69) is 9.73 Å². The summed E-state index contributed by atoms with van der Waals surface area (Å²) in [4.78, 5) is 27.8. The fourth-order valence-corrected chi connectivity index (χ4v) is 2.94. The van der Waals surface area contributed by atoms with E-state index in [4.69, 9.17) is 9.47 Å². The zero-order valence-electron chi connectivity index (χ0n) is 11.9. The third-order valence-corrected chi connectivity index (χ3v) is 4.03. The van der Waals surface area contributed by atoms with Crippen LogP contribution in [0.3, 0.4) is 0 Å². The van der Waals surface area contributed by atoms with Gasteiger partial charge in [0.05, 0.1) is 37.8 Å². The van der Waals surface area contributed by atoms with Crippen molar-refractivity contribution in [1.82, 2.24) is 0 Å². The molecule has 0 aliphatic carbocycles. The molecule has 0 radical (unpaired) electrons. The molecule has 0 amide bonds. The van der Waals surface area contributed by atoms with E-state index < -0.39 is 11.9 Å². The first-order chi connectivity index (χ1) is 10.1. The molecule has 0 spiro atoms. The second-order valence-corrected chi connectivity index (χ2v) is 5.20. The van der Waals surface area contributed by atoms with E-state index >= 15 is 0 Å². The summed E-state index contributed by atoms with van der Waals surface area (Å²) in [7, 11) is 4.33. The van der Waals surface area contributed by atoms with Gasteiger partial charge in [-0.1, -0.05) is 0 Å². The van der Waals surface area contributed by atoms with Gasteiger partial charge in [0.15, 0.2) is 23.2 Å². The first-order valence-corrected chi connectivity index (χ1v) is 7.13. The highest BCUT2D eigenvalue weighted by Gasteiger charge is 2.38. The Labute approximate surface area is 126 Å². The highest BCUT2D eigenvalue weighted by molar-refractivity contribution is 8.15. The summed E-state index contributed by atoms with van der Waals surface area (Å²) in [6.45, 7) is 0. The maximum atomic E-state index is 11.8. The number of thioether (sulfide) groups is 1. The van der Waals surface area contributed by atoms with Gasteiger partial charge in [-0.3, -0.25) is 9.59 Å². The van der Waals surface area contributed by atoms with Crippen molar-refractivity contribution >= 4 is 34.2 Å². The van der Waals surface area contributed by atoms with Gasteiger partial charge < -0.3 is 14.2 Å². The molecule has 7 heteroatoms. The summed E-state index contributed by atoms with van der Waals surface area (Å²) in [5.41, 5.74) is 0.582. The number of ketones is 1. The zero-order chi connectivity index (χ0) is 15.4. The molecule has 1 saturated heterocycles. The van der Waals surface area contributed by atoms with E-state index in [1.54, 1.807) is 25.3 Å². The van der Waals surface area contributed by atoms with Crippen molar-refractivity contribution in [3.05, 3.63) is 18.2 Å². The van der Waals surface area contributed by atoms with Gasteiger partial charge in [0, 0.05) is 6.07 Å². The van der Waals surface area contributed by atoms with Crippen molar-refractivity contribution in [2.75, 3.05) is 27.1 Å². The normalized spacial score (nSPS) is 19.7. The fourth-order valence-electron chi connectivity index (χ4n) is 1.92. The first kappa shape index (κ1) is 15.4. The summed E-state index contributed by atoms with van der Waals surface area (Å²) in [6, 6.07) is 5.13. The molecule has 0 bridgehead atoms. The molecule has 0 N–H and O–H groups in total. The summed E-state index contributed by atoms with van der Waals surface area (Å²) >= 11 is 1.25. The maximum Gasteiger partial charge on any atom is 0.322 e. The molecule has 6 nitrogen and oxygen atoms in total. The average molecular weight is 309 g/mol. The van der Waals surface area contributed by atoms with Crippen LogP contribution in [0.5, 0.6) is 11.5 Å². The molecule has 21 heavy (non-hydrogen) atoms. The van der Waals surface area contributed by atoms with Gasteiger partial charge in [-0.05, 0) is 12.1 Å². The van der Waals surface area contributed by atoms with E-state index in [1.807, 2.05) is 0 Å². The molecular formula is C14H15NO5S. The second-order valence-electron chi connectivity index (χ2n) is 4.20. The predicted molar refractivity (Wildman–Crippen MR) is 79.6 cm³/mol. The van der Waals surface area contributed by atoms with Crippen LogP contribution in [0.2, 0.25) is 0 Å². The Bertz CT molecular complexity index is 599. The van der Waals surface area contributed by atoms with Gasteiger partial charge in [-0.2, -0.15) is 0 Å². The number of esters is 1. The minimum Gasteiger partial charge on any atom is -0.493 e. The van der Waals surface area contributed by atoms with Crippen LogP contribution in [-0.4, -0.2) is 43.9 Å². The van der Waals surface area contributed by atoms with E-state index in [9.17, 15) is 9.59 Å². The van der Waals surface area contributed by atoms with Crippen molar-refractivity contribution in [2.45, 2.75) is 0 Å². The first-order valence-electron chi connectivity index (χ1n) is 6.14. The number of rotatable bonds is 4. The molecule has 1 aromatic rings. The lowest BCUT2D eigenvalue weighted by Gasteiger charge is -2.09. The number of nitrogens with zero attached hydrogens (tertiary/aromatic N) is 1. The van der Waals surface area contributed by atoms with E-state index in [0.717, 1.165) is 0 Å². The van der Waals surface area contributed by atoms with Crippen LogP contribution in [0.25, 0.3) is 0 Å². The predicted octanol–water partition coefficient (Wildman–Crippen LogP) is 1.84. The standard InChI is InChI=1S/C14H15NO5S/c1-18-10-5-4-8(6-11(10)19-2)15-13-12(14(17)20-3)9(16)7-21-13/h4-6,12H,7H2,1-3H3. The Morgan fingerprint density at radius 3 is 2.57 bits per heavy atom. The lowest BCUT2D eigenvalue weighted by Crippen LogP contribution is -2.26. The molecule has 1 heterocycles. The van der Waals surface area contributed by atoms with E-state index in [-0.39, 0.29) is 11.5 Å². The molecule has 1 aliphatic rings. The Hall–Kier alpha value is -2.02.